The fourth-order valence-corrected chi connectivity index (χ4v) is 3.47. The summed E-state index contributed by atoms with van der Waals surface area (Å²) in [6, 6.07) is 0. The molecule has 0 atom stereocenters. The van der Waals surface area contributed by atoms with Crippen LogP contribution in [0.2, 0.25) is 0 Å². The van der Waals surface area contributed by atoms with Crippen LogP contribution in [0.5, 0.6) is 0 Å². The quantitative estimate of drug-likeness (QED) is 0.318. The molecule has 166 valence electrons. The van der Waals surface area contributed by atoms with Crippen LogP contribution in [0.1, 0.15) is 61.3 Å². The van der Waals surface area contributed by atoms with Crippen LogP contribution in [0.15, 0.2) is 107 Å². The molecule has 1 rings (SSSR count). The lowest BCUT2D eigenvalue weighted by Crippen LogP contribution is -2.25. The van der Waals surface area contributed by atoms with Gasteiger partial charge in [0, 0.05) is 12.8 Å². The van der Waals surface area contributed by atoms with Crippen LogP contribution in [0.4, 0.5) is 0 Å². The molecule has 0 saturated heterocycles. The molecule has 0 bridgehead atoms. The van der Waals surface area contributed by atoms with E-state index in [0.717, 1.165) is 11.1 Å². The molecule has 0 saturated carbocycles. The highest BCUT2D eigenvalue weighted by Crippen LogP contribution is 2.39. The van der Waals surface area contributed by atoms with Crippen LogP contribution in [0.25, 0.3) is 0 Å². The number of ketones is 1. The zero-order valence-corrected chi connectivity index (χ0v) is 20.2. The third-order valence-electron chi connectivity index (χ3n) is 5.05. The number of hydrogen-bond donors (Lipinski definition) is 1. The van der Waals surface area contributed by atoms with Gasteiger partial charge in [-0.1, -0.05) is 103 Å². The number of hydrogen-bond acceptors (Lipinski definition) is 2. The lowest BCUT2D eigenvalue weighted by atomic mass is 9.72. The molecule has 0 aromatic heterocycles. The highest BCUT2D eigenvalue weighted by molar-refractivity contribution is 5.84. The van der Waals surface area contributed by atoms with Crippen molar-refractivity contribution >= 4 is 5.78 Å². The molecular formula is C29H38O2. The Morgan fingerprint density at radius 2 is 1.29 bits per heavy atom. The van der Waals surface area contributed by atoms with Crippen LogP contribution in [-0.2, 0) is 4.79 Å². The van der Waals surface area contributed by atoms with Gasteiger partial charge in [-0.25, -0.2) is 0 Å². The third kappa shape index (κ3) is 10.6. The minimum Gasteiger partial charge on any atom is -0.513 e. The number of Topliss-reactive ketones (excluding diaryl/α,β-unsaturated/α-hetero) is 1. The molecule has 1 N–H and O–H groups in total. The lowest BCUT2D eigenvalue weighted by Gasteiger charge is -2.32. The summed E-state index contributed by atoms with van der Waals surface area (Å²) in [7, 11) is 0. The molecule has 2 nitrogen and oxygen atoms in total. The average Bonchev–Trinajstić information content (AvgIpc) is 2.63. The lowest BCUT2D eigenvalue weighted by molar-refractivity contribution is -0.120. The van der Waals surface area contributed by atoms with Crippen LogP contribution in [-0.4, -0.2) is 10.9 Å². The van der Waals surface area contributed by atoms with E-state index in [0.29, 0.717) is 24.4 Å². The van der Waals surface area contributed by atoms with Gasteiger partial charge in [-0.2, -0.15) is 0 Å². The molecule has 1 aliphatic carbocycles. The van der Waals surface area contributed by atoms with Crippen LogP contribution >= 0.6 is 0 Å². The zero-order valence-electron chi connectivity index (χ0n) is 20.2. The maximum atomic E-state index is 11.9. The van der Waals surface area contributed by atoms with E-state index < -0.39 is 0 Å². The van der Waals surface area contributed by atoms with Crippen molar-refractivity contribution in [2.24, 2.45) is 5.41 Å². The first-order valence-electron chi connectivity index (χ1n) is 10.8. The molecule has 0 spiro atoms. The van der Waals surface area contributed by atoms with Gasteiger partial charge in [0.25, 0.3) is 0 Å². The number of allylic oxidation sites excluding steroid dienone is 18. The van der Waals surface area contributed by atoms with Crippen molar-refractivity contribution in [3.8, 4) is 0 Å². The Labute approximate surface area is 189 Å². The van der Waals surface area contributed by atoms with Gasteiger partial charge >= 0.3 is 0 Å². The van der Waals surface area contributed by atoms with Crippen molar-refractivity contribution in [1.29, 1.82) is 0 Å². The Balaban J connectivity index is 2.70. The normalized spacial score (nSPS) is 19.8. The summed E-state index contributed by atoms with van der Waals surface area (Å²) in [5, 5.41) is 9.12. The zero-order chi connectivity index (χ0) is 23.4. The predicted octanol–water partition coefficient (Wildman–Crippen LogP) is 8.22. The van der Waals surface area contributed by atoms with Gasteiger partial charge in [0.05, 0.1) is 5.76 Å². The summed E-state index contributed by atoms with van der Waals surface area (Å²) in [5.41, 5.74) is 5.82. The molecule has 0 radical (unpaired) electrons. The van der Waals surface area contributed by atoms with E-state index in [-0.39, 0.29) is 5.41 Å². The second kappa shape index (κ2) is 12.7. The van der Waals surface area contributed by atoms with Crippen LogP contribution in [0.3, 0.4) is 0 Å². The molecule has 0 heterocycles. The van der Waals surface area contributed by atoms with Gasteiger partial charge in [-0.3, -0.25) is 4.79 Å². The van der Waals surface area contributed by atoms with E-state index in [2.05, 4.69) is 71.1 Å². The minimum absolute atomic E-state index is 0.0885. The second-order valence-electron chi connectivity index (χ2n) is 8.95. The predicted molar refractivity (Wildman–Crippen MR) is 135 cm³/mol. The number of aliphatic hydroxyl groups is 1. The second-order valence-corrected chi connectivity index (χ2v) is 8.95. The summed E-state index contributed by atoms with van der Waals surface area (Å²) in [6.45, 7) is 14.2. The maximum absolute atomic E-state index is 11.9. The van der Waals surface area contributed by atoms with E-state index in [1.165, 1.54) is 16.7 Å². The van der Waals surface area contributed by atoms with E-state index in [1.807, 2.05) is 37.3 Å². The smallest absolute Gasteiger partial charge is 0.137 e. The van der Waals surface area contributed by atoms with Crippen molar-refractivity contribution in [2.75, 3.05) is 0 Å². The number of carbonyl (C=O) groups excluding carboxylic acids is 1. The number of rotatable bonds is 8. The molecule has 0 amide bonds. The molecule has 2 heteroatoms. The first-order chi connectivity index (χ1) is 14.5. The first-order valence-corrected chi connectivity index (χ1v) is 10.8. The van der Waals surface area contributed by atoms with Crippen molar-refractivity contribution in [3.05, 3.63) is 107 Å². The topological polar surface area (TPSA) is 37.3 Å². The summed E-state index contributed by atoms with van der Waals surface area (Å²) < 4.78 is 0. The van der Waals surface area contributed by atoms with Crippen molar-refractivity contribution in [3.63, 3.8) is 0 Å². The van der Waals surface area contributed by atoms with E-state index >= 15 is 0 Å². The number of carbonyl (C=O) groups is 1. The molecule has 0 unspecified atom stereocenters. The largest absolute Gasteiger partial charge is 0.513 e. The summed E-state index contributed by atoms with van der Waals surface area (Å²) in [5.74, 6) is 0.633. The SMILES string of the molecule is CC1=C(/C=C/C(C)=C/C=C/C(C)=C/C=C/C=C(C)/C=C/C=C(\C)O)C(C)(C)CC(=O)C1. The molecule has 0 fully saturated rings. The molecule has 0 aliphatic heterocycles. The highest BCUT2D eigenvalue weighted by atomic mass is 16.3. The molecule has 1 aliphatic rings. The Morgan fingerprint density at radius 3 is 1.81 bits per heavy atom. The van der Waals surface area contributed by atoms with Crippen LogP contribution in [0, 0.1) is 5.41 Å². The molecule has 31 heavy (non-hydrogen) atoms. The van der Waals surface area contributed by atoms with Crippen molar-refractivity contribution in [1.82, 2.24) is 0 Å². The van der Waals surface area contributed by atoms with Crippen molar-refractivity contribution < 1.29 is 9.90 Å². The van der Waals surface area contributed by atoms with Gasteiger partial charge in [0.2, 0.25) is 0 Å². The van der Waals surface area contributed by atoms with Gasteiger partial charge in [-0.05, 0) is 51.7 Å². The highest BCUT2D eigenvalue weighted by Gasteiger charge is 2.30. The van der Waals surface area contributed by atoms with E-state index in [4.69, 9.17) is 5.11 Å². The Bertz CT molecular complexity index is 916. The Morgan fingerprint density at radius 1 is 0.806 bits per heavy atom. The summed E-state index contributed by atoms with van der Waals surface area (Å²) in [4.78, 5) is 11.9. The summed E-state index contributed by atoms with van der Waals surface area (Å²) in [6.07, 6.45) is 25.3. The maximum Gasteiger partial charge on any atom is 0.137 e. The Hall–Kier alpha value is -2.87. The monoisotopic (exact) mass is 418 g/mol. The van der Waals surface area contributed by atoms with Crippen LogP contribution < -0.4 is 0 Å². The Kier molecular flexibility index (Phi) is 10.8. The summed E-state index contributed by atoms with van der Waals surface area (Å²) >= 11 is 0. The average molecular weight is 419 g/mol. The van der Waals surface area contributed by atoms with Gasteiger partial charge < -0.3 is 5.11 Å². The van der Waals surface area contributed by atoms with E-state index in [9.17, 15) is 4.79 Å². The van der Waals surface area contributed by atoms with Gasteiger partial charge in [0.1, 0.15) is 5.78 Å². The molecular weight excluding hydrogens is 380 g/mol. The molecule has 0 aromatic carbocycles. The third-order valence-corrected chi connectivity index (χ3v) is 5.05. The number of aliphatic hydroxyl groups excluding tert-OH is 1. The molecule has 0 aromatic rings. The fourth-order valence-electron chi connectivity index (χ4n) is 3.47. The van der Waals surface area contributed by atoms with Gasteiger partial charge in [0.15, 0.2) is 0 Å². The van der Waals surface area contributed by atoms with Crippen molar-refractivity contribution in [2.45, 2.75) is 61.3 Å². The standard InChI is InChI=1S/C29H38O2/c1-22(12-8-9-13-23(2)16-11-17-26(5)30)14-10-15-24(3)18-19-28-25(4)20-27(31)21-29(28,6)7/h8-19,30H,20-21H2,1-7H3/b9-8+,14-10+,16-11+,19-18+,22-12+,23-13+,24-15+,26-17+. The van der Waals surface area contributed by atoms with Gasteiger partial charge in [-0.15, -0.1) is 0 Å². The fraction of sp³-hybridized carbons (Fsp3) is 0.345. The first kappa shape index (κ1) is 26.2. The minimum atomic E-state index is -0.0885. The van der Waals surface area contributed by atoms with E-state index in [1.54, 1.807) is 13.0 Å².